The van der Waals surface area contributed by atoms with Crippen LogP contribution < -0.4 is 0 Å². The highest BCUT2D eigenvalue weighted by molar-refractivity contribution is 7.19. The lowest BCUT2D eigenvalue weighted by Crippen LogP contribution is -2.21. The summed E-state index contributed by atoms with van der Waals surface area (Å²) < 4.78 is 0. The van der Waals surface area contributed by atoms with Crippen molar-refractivity contribution < 1.29 is 0 Å². The molecule has 0 spiro atoms. The zero-order valence-electron chi connectivity index (χ0n) is 12.4. The van der Waals surface area contributed by atoms with Crippen LogP contribution in [0.3, 0.4) is 0 Å². The van der Waals surface area contributed by atoms with E-state index in [0.29, 0.717) is 0 Å². The van der Waals surface area contributed by atoms with Gasteiger partial charge in [0.25, 0.3) is 0 Å². The fourth-order valence-electron chi connectivity index (χ4n) is 2.32. The van der Waals surface area contributed by atoms with E-state index in [2.05, 4.69) is 20.4 Å². The Kier molecular flexibility index (Phi) is 11.9. The van der Waals surface area contributed by atoms with Crippen LogP contribution in [0.25, 0.3) is 0 Å². The fraction of sp³-hybridized carbons (Fsp3) is 1.00. The molecular weight excluding hydrogens is 244 g/mol. The van der Waals surface area contributed by atoms with Crippen LogP contribution in [0.2, 0.25) is 18.6 Å². The third kappa shape index (κ3) is 12.7. The predicted molar refractivity (Wildman–Crippen MR) is 84.6 cm³/mol. The molecular formula is C15H33ClSi. The molecule has 0 saturated carbocycles. The van der Waals surface area contributed by atoms with Gasteiger partial charge in [-0.25, -0.2) is 0 Å². The molecule has 0 saturated heterocycles. The first-order valence-electron chi connectivity index (χ1n) is 7.81. The summed E-state index contributed by atoms with van der Waals surface area (Å²) in [4.78, 5) is 0. The summed E-state index contributed by atoms with van der Waals surface area (Å²) >= 11 is 6.70. The maximum Gasteiger partial charge on any atom is 0.153 e. The monoisotopic (exact) mass is 276 g/mol. The van der Waals surface area contributed by atoms with E-state index in [0.717, 1.165) is 0 Å². The second kappa shape index (κ2) is 11.6. The molecule has 0 radical (unpaired) electrons. The van der Waals surface area contributed by atoms with Crippen molar-refractivity contribution >= 4 is 18.5 Å². The molecule has 0 N–H and O–H groups in total. The minimum atomic E-state index is -1.35. The molecule has 0 aliphatic rings. The molecule has 0 aromatic heterocycles. The first-order chi connectivity index (χ1) is 8.12. The van der Waals surface area contributed by atoms with E-state index < -0.39 is 7.38 Å². The Balaban J connectivity index is 3.38. The topological polar surface area (TPSA) is 0 Å². The summed E-state index contributed by atoms with van der Waals surface area (Å²) in [7, 11) is -1.35. The van der Waals surface area contributed by atoms with Crippen molar-refractivity contribution in [2.75, 3.05) is 0 Å². The van der Waals surface area contributed by atoms with Gasteiger partial charge in [-0.2, -0.15) is 11.1 Å². The number of hydrogen-bond acceptors (Lipinski definition) is 0. The average Bonchev–Trinajstić information content (AvgIpc) is 2.28. The first-order valence-corrected chi connectivity index (χ1v) is 11.7. The molecule has 0 rings (SSSR count). The van der Waals surface area contributed by atoms with Crippen molar-refractivity contribution in [2.45, 2.75) is 96.7 Å². The SMILES string of the molecule is CCCCCCC[Si](C)(Cl)CCCCCCC. The van der Waals surface area contributed by atoms with E-state index in [4.69, 9.17) is 11.1 Å². The van der Waals surface area contributed by atoms with Crippen LogP contribution in [0, 0.1) is 0 Å². The Labute approximate surface area is 115 Å². The van der Waals surface area contributed by atoms with Crippen LogP contribution in [0.15, 0.2) is 0 Å². The van der Waals surface area contributed by atoms with E-state index in [1.165, 1.54) is 76.3 Å². The summed E-state index contributed by atoms with van der Waals surface area (Å²) in [6.07, 6.45) is 13.9. The Morgan fingerprint density at radius 3 is 1.35 bits per heavy atom. The minimum absolute atomic E-state index is 1.34. The van der Waals surface area contributed by atoms with Gasteiger partial charge in [0.05, 0.1) is 0 Å². The van der Waals surface area contributed by atoms with Crippen molar-refractivity contribution in [3.63, 3.8) is 0 Å². The molecule has 0 aliphatic carbocycles. The van der Waals surface area contributed by atoms with Gasteiger partial charge in [-0.15, -0.1) is 0 Å². The standard InChI is InChI=1S/C15H33ClSi/c1-4-6-8-10-12-14-17(3,16)15-13-11-9-7-5-2/h4-15H2,1-3H3. The minimum Gasteiger partial charge on any atom is -0.167 e. The lowest BCUT2D eigenvalue weighted by molar-refractivity contribution is 0.644. The summed E-state index contributed by atoms with van der Waals surface area (Å²) in [5.41, 5.74) is 0. The molecule has 0 fully saturated rings. The molecule has 0 aromatic carbocycles. The molecule has 0 nitrogen and oxygen atoms in total. The van der Waals surface area contributed by atoms with Gasteiger partial charge >= 0.3 is 0 Å². The third-order valence-corrected chi connectivity index (χ3v) is 7.53. The van der Waals surface area contributed by atoms with Gasteiger partial charge in [0.15, 0.2) is 7.38 Å². The molecule has 0 bridgehead atoms. The molecule has 104 valence electrons. The zero-order valence-corrected chi connectivity index (χ0v) is 14.1. The Morgan fingerprint density at radius 1 is 0.647 bits per heavy atom. The van der Waals surface area contributed by atoms with Gasteiger partial charge < -0.3 is 0 Å². The van der Waals surface area contributed by atoms with Crippen molar-refractivity contribution in [2.24, 2.45) is 0 Å². The molecule has 0 aliphatic heterocycles. The fourth-order valence-corrected chi connectivity index (χ4v) is 5.35. The van der Waals surface area contributed by atoms with Gasteiger partial charge in [-0.05, 0) is 12.1 Å². The zero-order chi connectivity index (χ0) is 13.0. The third-order valence-electron chi connectivity index (χ3n) is 3.60. The van der Waals surface area contributed by atoms with E-state index >= 15 is 0 Å². The van der Waals surface area contributed by atoms with Gasteiger partial charge in [0.1, 0.15) is 0 Å². The van der Waals surface area contributed by atoms with Crippen LogP contribution in [0.5, 0.6) is 0 Å². The van der Waals surface area contributed by atoms with Gasteiger partial charge in [-0.1, -0.05) is 84.6 Å². The lowest BCUT2D eigenvalue weighted by atomic mass is 10.2. The average molecular weight is 277 g/mol. The van der Waals surface area contributed by atoms with E-state index in [1.54, 1.807) is 0 Å². The molecule has 2 heteroatoms. The van der Waals surface area contributed by atoms with Gasteiger partial charge in [0, 0.05) is 0 Å². The van der Waals surface area contributed by atoms with Crippen molar-refractivity contribution in [3.05, 3.63) is 0 Å². The Morgan fingerprint density at radius 2 is 1.00 bits per heavy atom. The summed E-state index contributed by atoms with van der Waals surface area (Å²) in [5, 5.41) is 0. The van der Waals surface area contributed by atoms with Gasteiger partial charge in [-0.3, -0.25) is 0 Å². The molecule has 0 unspecified atom stereocenters. The number of hydrogen-bond donors (Lipinski definition) is 0. The van der Waals surface area contributed by atoms with Crippen molar-refractivity contribution in [1.82, 2.24) is 0 Å². The summed E-state index contributed by atoms with van der Waals surface area (Å²) in [6.45, 7) is 6.92. The van der Waals surface area contributed by atoms with E-state index in [1.807, 2.05) is 0 Å². The molecule has 17 heavy (non-hydrogen) atoms. The van der Waals surface area contributed by atoms with E-state index in [9.17, 15) is 0 Å². The van der Waals surface area contributed by atoms with Crippen LogP contribution in [-0.4, -0.2) is 7.38 Å². The highest BCUT2D eigenvalue weighted by Gasteiger charge is 2.22. The first kappa shape index (κ1) is 17.5. The van der Waals surface area contributed by atoms with E-state index in [-0.39, 0.29) is 0 Å². The second-order valence-electron chi connectivity index (χ2n) is 5.74. The number of halogens is 1. The lowest BCUT2D eigenvalue weighted by Gasteiger charge is -2.19. The predicted octanol–water partition coefficient (Wildman–Crippen LogP) is 6.74. The second-order valence-corrected chi connectivity index (χ2v) is 12.3. The van der Waals surface area contributed by atoms with Gasteiger partial charge in [0.2, 0.25) is 0 Å². The Hall–Kier alpha value is 0.507. The normalized spacial score (nSPS) is 12.0. The summed E-state index contributed by atoms with van der Waals surface area (Å²) in [6, 6.07) is 2.68. The maximum absolute atomic E-state index is 6.70. The highest BCUT2D eigenvalue weighted by Crippen LogP contribution is 2.26. The van der Waals surface area contributed by atoms with Crippen molar-refractivity contribution in [3.8, 4) is 0 Å². The maximum atomic E-state index is 6.70. The number of rotatable bonds is 12. The smallest absolute Gasteiger partial charge is 0.153 e. The molecule has 0 heterocycles. The molecule has 0 amide bonds. The Bertz CT molecular complexity index is 141. The highest BCUT2D eigenvalue weighted by atomic mass is 35.6. The molecule has 0 atom stereocenters. The molecule has 0 aromatic rings. The van der Waals surface area contributed by atoms with Crippen LogP contribution >= 0.6 is 11.1 Å². The van der Waals surface area contributed by atoms with Crippen LogP contribution in [0.4, 0.5) is 0 Å². The van der Waals surface area contributed by atoms with Crippen molar-refractivity contribution in [1.29, 1.82) is 0 Å². The summed E-state index contributed by atoms with van der Waals surface area (Å²) in [5.74, 6) is 0. The quantitative estimate of drug-likeness (QED) is 0.210. The largest absolute Gasteiger partial charge is 0.167 e. The van der Waals surface area contributed by atoms with Crippen LogP contribution in [-0.2, 0) is 0 Å². The van der Waals surface area contributed by atoms with Crippen LogP contribution in [0.1, 0.15) is 78.1 Å². The number of unbranched alkanes of at least 4 members (excludes halogenated alkanes) is 8.